The van der Waals surface area contributed by atoms with E-state index in [4.69, 9.17) is 10.6 Å². The van der Waals surface area contributed by atoms with Crippen LogP contribution in [0.15, 0.2) is 42.5 Å². The van der Waals surface area contributed by atoms with Gasteiger partial charge in [0.25, 0.3) is 0 Å². The third-order valence-corrected chi connectivity index (χ3v) is 3.38. The molecule has 5 nitrogen and oxygen atoms in total. The van der Waals surface area contributed by atoms with Crippen LogP contribution < -0.4 is 16.0 Å². The normalized spacial score (nSPS) is 10.8. The minimum atomic E-state index is 0.818. The number of nitrogens with zero attached hydrogens (tertiary/aromatic N) is 2. The van der Waals surface area contributed by atoms with E-state index in [2.05, 4.69) is 15.0 Å². The van der Waals surface area contributed by atoms with Crippen LogP contribution in [0, 0.1) is 0 Å². The van der Waals surface area contributed by atoms with E-state index in [0.29, 0.717) is 0 Å². The number of fused-ring (bicyclic) bond motifs is 1. The molecule has 0 amide bonds. The Kier molecular flexibility index (Phi) is 3.04. The third-order valence-electron chi connectivity index (χ3n) is 3.38. The number of nitrogens with one attached hydrogen (secondary N) is 1. The highest BCUT2D eigenvalue weighted by Gasteiger charge is 2.10. The van der Waals surface area contributed by atoms with Crippen LogP contribution in [0.3, 0.4) is 0 Å². The van der Waals surface area contributed by atoms with Gasteiger partial charge in [0.15, 0.2) is 0 Å². The smallest absolute Gasteiger partial charge is 0.140 e. The Morgan fingerprint density at radius 3 is 2.80 bits per heavy atom. The molecule has 3 rings (SSSR count). The summed E-state index contributed by atoms with van der Waals surface area (Å²) in [6.45, 7) is 0. The fraction of sp³-hybridized carbons (Fsp3) is 0.133. The maximum atomic E-state index is 5.43. The topological polar surface area (TPSA) is 65.1 Å². The number of hydrogen-bond acceptors (Lipinski definition) is 4. The van der Waals surface area contributed by atoms with Gasteiger partial charge >= 0.3 is 0 Å². The summed E-state index contributed by atoms with van der Waals surface area (Å²) in [4.78, 5) is 4.68. The standard InChI is InChI=1S/C15H16N4O/c1-19-14-7-6-11(18-16)9-13(14)17-15(19)10-4-3-5-12(8-10)20-2/h3-9,18H,16H2,1-2H3. The molecule has 1 heterocycles. The summed E-state index contributed by atoms with van der Waals surface area (Å²) in [6.07, 6.45) is 0. The van der Waals surface area contributed by atoms with Crippen LogP contribution in [0.4, 0.5) is 5.69 Å². The monoisotopic (exact) mass is 268 g/mol. The van der Waals surface area contributed by atoms with E-state index < -0.39 is 0 Å². The van der Waals surface area contributed by atoms with Gasteiger partial charge in [-0.1, -0.05) is 12.1 Å². The molecule has 0 radical (unpaired) electrons. The molecule has 1 aromatic heterocycles. The van der Waals surface area contributed by atoms with Crippen LogP contribution in [-0.4, -0.2) is 16.7 Å². The summed E-state index contributed by atoms with van der Waals surface area (Å²) >= 11 is 0. The Morgan fingerprint density at radius 1 is 1.20 bits per heavy atom. The number of nitrogen functional groups attached to an aromatic ring is 1. The molecule has 2 aromatic carbocycles. The van der Waals surface area contributed by atoms with Crippen molar-refractivity contribution < 1.29 is 4.74 Å². The number of aryl methyl sites for hydroxylation is 1. The zero-order valence-corrected chi connectivity index (χ0v) is 11.4. The Morgan fingerprint density at radius 2 is 2.05 bits per heavy atom. The minimum Gasteiger partial charge on any atom is -0.497 e. The van der Waals surface area contributed by atoms with Crippen LogP contribution in [0.2, 0.25) is 0 Å². The lowest BCUT2D eigenvalue weighted by Gasteiger charge is -2.05. The average molecular weight is 268 g/mol. The lowest BCUT2D eigenvalue weighted by molar-refractivity contribution is 0.415. The fourth-order valence-corrected chi connectivity index (χ4v) is 2.31. The summed E-state index contributed by atoms with van der Waals surface area (Å²) in [5.74, 6) is 7.15. The minimum absolute atomic E-state index is 0.818. The molecule has 3 aromatic rings. The number of imidazole rings is 1. The number of hydrazine groups is 1. The van der Waals surface area contributed by atoms with Gasteiger partial charge in [-0.25, -0.2) is 4.98 Å². The molecule has 0 aliphatic carbocycles. The van der Waals surface area contributed by atoms with Crippen molar-refractivity contribution in [3.05, 3.63) is 42.5 Å². The highest BCUT2D eigenvalue weighted by Crippen LogP contribution is 2.27. The number of methoxy groups -OCH3 is 1. The quantitative estimate of drug-likeness (QED) is 0.566. The third kappa shape index (κ3) is 1.98. The molecule has 0 saturated heterocycles. The first-order valence-electron chi connectivity index (χ1n) is 6.30. The zero-order chi connectivity index (χ0) is 14.1. The average Bonchev–Trinajstić information content (AvgIpc) is 2.83. The Labute approximate surface area is 117 Å². The molecule has 102 valence electrons. The highest BCUT2D eigenvalue weighted by atomic mass is 16.5. The Balaban J connectivity index is 2.18. The summed E-state index contributed by atoms with van der Waals surface area (Å²) in [6, 6.07) is 13.7. The number of benzene rings is 2. The molecule has 0 aliphatic rings. The number of nitrogens with two attached hydrogens (primary N) is 1. The van der Waals surface area contributed by atoms with Crippen molar-refractivity contribution in [2.45, 2.75) is 0 Å². The number of hydrogen-bond donors (Lipinski definition) is 2. The predicted octanol–water partition coefficient (Wildman–Crippen LogP) is 2.53. The van der Waals surface area contributed by atoms with E-state index in [0.717, 1.165) is 33.9 Å². The molecular weight excluding hydrogens is 252 g/mol. The maximum Gasteiger partial charge on any atom is 0.140 e. The molecule has 0 saturated carbocycles. The van der Waals surface area contributed by atoms with Crippen LogP contribution in [0.1, 0.15) is 0 Å². The van der Waals surface area contributed by atoms with Crippen LogP contribution in [0.25, 0.3) is 22.4 Å². The largest absolute Gasteiger partial charge is 0.497 e. The van der Waals surface area contributed by atoms with Crippen molar-refractivity contribution in [3.63, 3.8) is 0 Å². The Bertz CT molecular complexity index is 764. The van der Waals surface area contributed by atoms with E-state index in [-0.39, 0.29) is 0 Å². The number of rotatable bonds is 3. The number of aromatic nitrogens is 2. The second-order valence-electron chi connectivity index (χ2n) is 4.57. The molecule has 0 spiro atoms. The predicted molar refractivity (Wildman–Crippen MR) is 80.5 cm³/mol. The first kappa shape index (κ1) is 12.5. The van der Waals surface area contributed by atoms with Crippen molar-refractivity contribution in [1.29, 1.82) is 0 Å². The van der Waals surface area contributed by atoms with E-state index >= 15 is 0 Å². The van der Waals surface area contributed by atoms with Gasteiger partial charge in [0, 0.05) is 12.6 Å². The van der Waals surface area contributed by atoms with Gasteiger partial charge in [0.05, 0.1) is 23.8 Å². The summed E-state index contributed by atoms with van der Waals surface area (Å²) in [7, 11) is 3.66. The van der Waals surface area contributed by atoms with E-state index in [1.54, 1.807) is 7.11 Å². The van der Waals surface area contributed by atoms with E-state index in [9.17, 15) is 0 Å². The second kappa shape index (κ2) is 4.86. The number of ether oxygens (including phenoxy) is 1. The SMILES string of the molecule is COc1cccc(-c2nc3cc(NN)ccc3n2C)c1. The van der Waals surface area contributed by atoms with Crippen molar-refractivity contribution in [1.82, 2.24) is 9.55 Å². The van der Waals surface area contributed by atoms with Crippen molar-refractivity contribution in [3.8, 4) is 17.1 Å². The Hall–Kier alpha value is -2.53. The highest BCUT2D eigenvalue weighted by molar-refractivity contribution is 5.83. The maximum absolute atomic E-state index is 5.43. The summed E-state index contributed by atoms with van der Waals surface area (Å²) in [5.41, 5.74) is 6.46. The van der Waals surface area contributed by atoms with Gasteiger partial charge in [0.2, 0.25) is 0 Å². The second-order valence-corrected chi connectivity index (χ2v) is 4.57. The summed E-state index contributed by atoms with van der Waals surface area (Å²) in [5, 5.41) is 0. The fourth-order valence-electron chi connectivity index (χ4n) is 2.31. The zero-order valence-electron chi connectivity index (χ0n) is 11.4. The van der Waals surface area contributed by atoms with Gasteiger partial charge in [0.1, 0.15) is 11.6 Å². The van der Waals surface area contributed by atoms with E-state index in [1.165, 1.54) is 0 Å². The molecule has 20 heavy (non-hydrogen) atoms. The van der Waals surface area contributed by atoms with E-state index in [1.807, 2.05) is 49.5 Å². The molecule has 0 atom stereocenters. The number of anilines is 1. The van der Waals surface area contributed by atoms with Gasteiger partial charge < -0.3 is 14.7 Å². The van der Waals surface area contributed by atoms with Gasteiger partial charge in [-0.15, -0.1) is 0 Å². The van der Waals surface area contributed by atoms with Gasteiger partial charge in [-0.05, 0) is 30.3 Å². The van der Waals surface area contributed by atoms with Crippen LogP contribution >= 0.6 is 0 Å². The molecule has 0 aliphatic heterocycles. The molecule has 5 heteroatoms. The van der Waals surface area contributed by atoms with Gasteiger partial charge in [-0.3, -0.25) is 5.84 Å². The lowest BCUT2D eigenvalue weighted by Crippen LogP contribution is -2.06. The first-order valence-corrected chi connectivity index (χ1v) is 6.30. The molecular formula is C15H16N4O. The van der Waals surface area contributed by atoms with Crippen molar-refractivity contribution >= 4 is 16.7 Å². The van der Waals surface area contributed by atoms with Crippen LogP contribution in [-0.2, 0) is 7.05 Å². The molecule has 3 N–H and O–H groups in total. The van der Waals surface area contributed by atoms with Crippen molar-refractivity contribution in [2.75, 3.05) is 12.5 Å². The molecule has 0 unspecified atom stereocenters. The molecule has 0 bridgehead atoms. The van der Waals surface area contributed by atoms with Crippen molar-refractivity contribution in [2.24, 2.45) is 12.9 Å². The van der Waals surface area contributed by atoms with Gasteiger partial charge in [-0.2, -0.15) is 0 Å². The van der Waals surface area contributed by atoms with Crippen LogP contribution in [0.5, 0.6) is 5.75 Å². The molecule has 0 fully saturated rings. The first-order chi connectivity index (χ1) is 9.72. The summed E-state index contributed by atoms with van der Waals surface area (Å²) < 4.78 is 7.32. The lowest BCUT2D eigenvalue weighted by atomic mass is 10.2.